The summed E-state index contributed by atoms with van der Waals surface area (Å²) in [6.45, 7) is -0.426. The Morgan fingerprint density at radius 1 is 1.30 bits per heavy atom. The number of fused-ring (bicyclic) bond motifs is 1. The van der Waals surface area contributed by atoms with Crippen LogP contribution in [-0.2, 0) is 21.1 Å². The van der Waals surface area contributed by atoms with Crippen LogP contribution in [0.4, 0.5) is 0 Å². The number of aryl methyl sites for hydroxylation is 1. The van der Waals surface area contributed by atoms with Gasteiger partial charge in [-0.3, -0.25) is 0 Å². The third-order valence-corrected chi connectivity index (χ3v) is 6.91. The second-order valence-corrected chi connectivity index (χ2v) is 9.05. The fourth-order valence-corrected chi connectivity index (χ4v) is 5.27. The van der Waals surface area contributed by atoms with Crippen LogP contribution < -0.4 is 10.5 Å². The van der Waals surface area contributed by atoms with Gasteiger partial charge in [0.05, 0.1) is 4.90 Å². The molecule has 0 fully saturated rings. The number of hydrogen-bond donors (Lipinski definition) is 2. The van der Waals surface area contributed by atoms with Gasteiger partial charge >= 0.3 is 5.97 Å². The molecule has 3 rings (SSSR count). The Kier molecular flexibility index (Phi) is 5.74. The first-order valence-corrected chi connectivity index (χ1v) is 10.4. The number of carboxylic acid groups (broad SMARTS) is 1. The summed E-state index contributed by atoms with van der Waals surface area (Å²) >= 11 is 5.93. The molecule has 3 N–H and O–H groups in total. The third kappa shape index (κ3) is 4.26. The molecule has 6 nitrogen and oxygen atoms in total. The van der Waals surface area contributed by atoms with Crippen molar-refractivity contribution in [3.8, 4) is 5.75 Å². The van der Waals surface area contributed by atoms with Gasteiger partial charge in [0.2, 0.25) is 0 Å². The zero-order chi connectivity index (χ0) is 19.6. The normalized spacial score (nSPS) is 17.8. The Hall–Kier alpha value is -2.09. The summed E-state index contributed by atoms with van der Waals surface area (Å²) in [4.78, 5) is 10.8. The number of benzene rings is 2. The number of hydrogen-bond acceptors (Lipinski definition) is 5. The van der Waals surface area contributed by atoms with E-state index in [1.54, 1.807) is 30.3 Å². The number of halogens is 1. The second kappa shape index (κ2) is 7.88. The van der Waals surface area contributed by atoms with E-state index in [2.05, 4.69) is 0 Å². The number of sulfone groups is 1. The van der Waals surface area contributed by atoms with E-state index in [1.165, 1.54) is 12.1 Å². The molecule has 2 aromatic carbocycles. The fourth-order valence-electron chi connectivity index (χ4n) is 3.42. The Labute approximate surface area is 162 Å². The van der Waals surface area contributed by atoms with Crippen molar-refractivity contribution in [2.75, 3.05) is 6.61 Å². The molecule has 0 amide bonds. The summed E-state index contributed by atoms with van der Waals surface area (Å²) in [7, 11) is -3.75. The van der Waals surface area contributed by atoms with E-state index in [0.29, 0.717) is 17.2 Å². The average Bonchev–Trinajstić information content (AvgIpc) is 2.65. The summed E-state index contributed by atoms with van der Waals surface area (Å²) < 4.78 is 31.1. The first-order valence-electron chi connectivity index (χ1n) is 8.51. The maximum absolute atomic E-state index is 13.0. The van der Waals surface area contributed by atoms with Gasteiger partial charge in [-0.05, 0) is 60.7 Å². The van der Waals surface area contributed by atoms with E-state index in [0.717, 1.165) is 24.0 Å². The fraction of sp³-hybridized carbons (Fsp3) is 0.316. The van der Waals surface area contributed by atoms with E-state index < -0.39 is 27.8 Å². The van der Waals surface area contributed by atoms with Gasteiger partial charge in [-0.1, -0.05) is 23.7 Å². The molecular weight excluding hydrogens is 390 g/mol. The van der Waals surface area contributed by atoms with Crippen molar-refractivity contribution in [1.29, 1.82) is 0 Å². The molecule has 2 atom stereocenters. The van der Waals surface area contributed by atoms with Crippen LogP contribution in [0.5, 0.6) is 5.75 Å². The highest BCUT2D eigenvalue weighted by atomic mass is 35.5. The molecule has 1 aliphatic rings. The monoisotopic (exact) mass is 409 g/mol. The predicted molar refractivity (Wildman–Crippen MR) is 102 cm³/mol. The summed E-state index contributed by atoms with van der Waals surface area (Å²) in [6, 6.07) is 11.3. The zero-order valence-electron chi connectivity index (χ0n) is 14.5. The first kappa shape index (κ1) is 19.7. The molecule has 1 aliphatic carbocycles. The third-order valence-electron chi connectivity index (χ3n) is 4.72. The van der Waals surface area contributed by atoms with Crippen molar-refractivity contribution in [3.05, 3.63) is 58.6 Å². The standard InChI is InChI=1S/C19H20ClNO5S/c20-13-4-2-5-15(10-13)27(24,25)19(21)17-6-1-3-12-9-14(7-8-16(12)17)26-11-18(22)23/h2,4-5,7-10,17,19H,1,3,6,11,21H2,(H,22,23). The van der Waals surface area contributed by atoms with Crippen LogP contribution in [0.1, 0.15) is 29.9 Å². The Morgan fingerprint density at radius 2 is 2.07 bits per heavy atom. The quantitative estimate of drug-likeness (QED) is 0.759. The summed E-state index contributed by atoms with van der Waals surface area (Å²) in [6.07, 6.45) is 2.21. The van der Waals surface area contributed by atoms with E-state index >= 15 is 0 Å². The lowest BCUT2D eigenvalue weighted by Crippen LogP contribution is -2.38. The van der Waals surface area contributed by atoms with Crippen LogP contribution in [-0.4, -0.2) is 31.5 Å². The molecule has 0 aliphatic heterocycles. The number of rotatable bonds is 6. The van der Waals surface area contributed by atoms with Gasteiger partial charge in [-0.25, -0.2) is 13.2 Å². The van der Waals surface area contributed by atoms with Crippen molar-refractivity contribution in [2.24, 2.45) is 5.73 Å². The minimum absolute atomic E-state index is 0.107. The molecule has 0 saturated carbocycles. The van der Waals surface area contributed by atoms with Crippen LogP contribution in [0.2, 0.25) is 5.02 Å². The second-order valence-electron chi connectivity index (χ2n) is 6.51. The Morgan fingerprint density at radius 3 is 2.78 bits per heavy atom. The predicted octanol–water partition coefficient (Wildman–Crippen LogP) is 2.98. The lowest BCUT2D eigenvalue weighted by molar-refractivity contribution is -0.139. The lowest BCUT2D eigenvalue weighted by atomic mass is 9.82. The summed E-state index contributed by atoms with van der Waals surface area (Å²) in [5.74, 6) is -0.963. The molecule has 0 spiro atoms. The Bertz CT molecular complexity index is 960. The molecule has 0 radical (unpaired) electrons. The largest absolute Gasteiger partial charge is 0.482 e. The van der Waals surface area contributed by atoms with Gasteiger partial charge in [0.1, 0.15) is 11.1 Å². The molecule has 0 saturated heterocycles. The van der Waals surface area contributed by atoms with Crippen molar-refractivity contribution in [1.82, 2.24) is 0 Å². The van der Waals surface area contributed by atoms with Gasteiger partial charge in [-0.2, -0.15) is 0 Å². The van der Waals surface area contributed by atoms with Crippen LogP contribution in [0.15, 0.2) is 47.4 Å². The molecule has 27 heavy (non-hydrogen) atoms. The van der Waals surface area contributed by atoms with Crippen molar-refractivity contribution < 1.29 is 23.1 Å². The van der Waals surface area contributed by atoms with E-state index in [-0.39, 0.29) is 10.8 Å². The molecule has 0 aromatic heterocycles. The highest BCUT2D eigenvalue weighted by Crippen LogP contribution is 2.38. The SMILES string of the molecule is NC(C1CCCc2cc(OCC(=O)O)ccc21)S(=O)(=O)c1cccc(Cl)c1. The highest BCUT2D eigenvalue weighted by molar-refractivity contribution is 7.92. The minimum atomic E-state index is -3.75. The molecular formula is C19H20ClNO5S. The van der Waals surface area contributed by atoms with Crippen molar-refractivity contribution in [3.63, 3.8) is 0 Å². The maximum Gasteiger partial charge on any atom is 0.341 e. The van der Waals surface area contributed by atoms with Gasteiger partial charge in [0, 0.05) is 10.9 Å². The summed E-state index contributed by atoms with van der Waals surface area (Å²) in [5, 5.41) is 7.97. The van der Waals surface area contributed by atoms with E-state index in [4.69, 9.17) is 27.2 Å². The van der Waals surface area contributed by atoms with Crippen molar-refractivity contribution in [2.45, 2.75) is 35.4 Å². The molecule has 144 valence electrons. The molecule has 2 aromatic rings. The number of aliphatic carboxylic acids is 1. The molecule has 2 unspecified atom stereocenters. The average molecular weight is 410 g/mol. The summed E-state index contributed by atoms with van der Waals surface area (Å²) in [5.41, 5.74) is 8.02. The van der Waals surface area contributed by atoms with Gasteiger partial charge in [0.25, 0.3) is 0 Å². The molecule has 0 bridgehead atoms. The number of ether oxygens (including phenoxy) is 1. The number of nitrogens with two attached hydrogens (primary N) is 1. The molecule has 8 heteroatoms. The highest BCUT2D eigenvalue weighted by Gasteiger charge is 2.35. The number of carboxylic acids is 1. The topological polar surface area (TPSA) is 107 Å². The van der Waals surface area contributed by atoms with Gasteiger partial charge in [-0.15, -0.1) is 0 Å². The lowest BCUT2D eigenvalue weighted by Gasteiger charge is -2.30. The Balaban J connectivity index is 1.89. The smallest absolute Gasteiger partial charge is 0.341 e. The van der Waals surface area contributed by atoms with Crippen LogP contribution in [0.25, 0.3) is 0 Å². The van der Waals surface area contributed by atoms with E-state index in [1.807, 2.05) is 0 Å². The minimum Gasteiger partial charge on any atom is -0.482 e. The zero-order valence-corrected chi connectivity index (χ0v) is 16.0. The van der Waals surface area contributed by atoms with E-state index in [9.17, 15) is 13.2 Å². The van der Waals surface area contributed by atoms with Crippen LogP contribution >= 0.6 is 11.6 Å². The van der Waals surface area contributed by atoms with Gasteiger partial charge < -0.3 is 15.6 Å². The molecule has 0 heterocycles. The van der Waals surface area contributed by atoms with Crippen LogP contribution in [0.3, 0.4) is 0 Å². The van der Waals surface area contributed by atoms with Crippen molar-refractivity contribution >= 4 is 27.4 Å². The number of carbonyl (C=O) groups is 1. The van der Waals surface area contributed by atoms with Crippen LogP contribution in [0, 0.1) is 0 Å². The maximum atomic E-state index is 13.0. The van der Waals surface area contributed by atoms with Gasteiger partial charge in [0.15, 0.2) is 16.4 Å². The first-order chi connectivity index (χ1) is 12.8.